The Labute approximate surface area is 199 Å². The van der Waals surface area contributed by atoms with Crippen molar-refractivity contribution in [3.8, 4) is 16.9 Å². The van der Waals surface area contributed by atoms with E-state index in [1.807, 2.05) is 18.2 Å². The Morgan fingerprint density at radius 3 is 2.36 bits per heavy atom. The van der Waals surface area contributed by atoms with E-state index in [0.29, 0.717) is 27.5 Å². The molecule has 0 spiro atoms. The monoisotopic (exact) mass is 479 g/mol. The van der Waals surface area contributed by atoms with E-state index >= 15 is 0 Å². The van der Waals surface area contributed by atoms with E-state index in [9.17, 15) is 9.18 Å². The second kappa shape index (κ2) is 9.81. The second-order valence-corrected chi connectivity index (χ2v) is 7.79. The van der Waals surface area contributed by atoms with E-state index in [4.69, 9.17) is 23.8 Å². The zero-order chi connectivity index (χ0) is 23.4. The molecule has 0 aliphatic carbocycles. The molecular formula is C24H19ClFN5OS. The summed E-state index contributed by atoms with van der Waals surface area (Å²) in [5.41, 5.74) is 5.17. The van der Waals surface area contributed by atoms with Gasteiger partial charge in [0.2, 0.25) is 0 Å². The number of hydrazone groups is 1. The first-order valence-electron chi connectivity index (χ1n) is 9.96. The summed E-state index contributed by atoms with van der Waals surface area (Å²) in [6, 6.07) is 22.0. The van der Waals surface area contributed by atoms with Crippen LogP contribution < -0.4 is 16.3 Å². The molecule has 0 fully saturated rings. The number of nitrogens with zero attached hydrogens (tertiary/aromatic N) is 2. The summed E-state index contributed by atoms with van der Waals surface area (Å²) in [5.74, 6) is -0.383. The van der Waals surface area contributed by atoms with Gasteiger partial charge in [-0.1, -0.05) is 48.0 Å². The molecule has 3 aromatic carbocycles. The smallest absolute Gasteiger partial charge is 0.281 e. The number of thiocarbonyl (C=S) groups is 1. The van der Waals surface area contributed by atoms with Gasteiger partial charge in [0.15, 0.2) is 5.11 Å². The minimum Gasteiger partial charge on any atom is -0.364 e. The first-order chi connectivity index (χ1) is 16.0. The predicted octanol–water partition coefficient (Wildman–Crippen LogP) is 4.47. The molecule has 1 heterocycles. The van der Waals surface area contributed by atoms with Crippen molar-refractivity contribution < 1.29 is 4.39 Å². The number of nitrogens with one attached hydrogen (secondary N) is 3. The number of para-hydroxylation sites is 1. The number of H-pyrrole nitrogens is 1. The molecule has 3 N–H and O–H groups in total. The maximum Gasteiger partial charge on any atom is 0.281 e. The SMILES string of the molecule is CNC(=S)N/N=C(\c1ccccc1Cl)c1c(-c2ccc(F)cc2)[nH]n(-c2ccccc2)c1=O. The Kier molecular flexibility index (Phi) is 6.67. The summed E-state index contributed by atoms with van der Waals surface area (Å²) in [4.78, 5) is 13.7. The zero-order valence-electron chi connectivity index (χ0n) is 17.5. The van der Waals surface area contributed by atoms with Crippen molar-refractivity contribution in [3.05, 3.63) is 111 Å². The molecule has 6 nitrogen and oxygen atoms in total. The fraction of sp³-hybridized carbons (Fsp3) is 0.0417. The van der Waals surface area contributed by atoms with Crippen LogP contribution in [0.15, 0.2) is 88.8 Å². The van der Waals surface area contributed by atoms with Crippen LogP contribution in [0.1, 0.15) is 11.1 Å². The molecule has 0 bridgehead atoms. The molecule has 9 heteroatoms. The van der Waals surface area contributed by atoms with E-state index in [0.717, 1.165) is 0 Å². The quantitative estimate of drug-likeness (QED) is 0.224. The van der Waals surface area contributed by atoms with Gasteiger partial charge in [-0.3, -0.25) is 15.3 Å². The Bertz CT molecular complexity index is 1380. The molecule has 0 radical (unpaired) electrons. The van der Waals surface area contributed by atoms with Crippen LogP contribution in [0.5, 0.6) is 0 Å². The first-order valence-corrected chi connectivity index (χ1v) is 10.7. The lowest BCUT2D eigenvalue weighted by molar-refractivity contribution is 0.628. The normalized spacial score (nSPS) is 11.3. The van der Waals surface area contributed by atoms with E-state index < -0.39 is 0 Å². The van der Waals surface area contributed by atoms with Gasteiger partial charge in [-0.15, -0.1) is 0 Å². The molecule has 0 atom stereocenters. The Morgan fingerprint density at radius 2 is 1.70 bits per heavy atom. The van der Waals surface area contributed by atoms with Gasteiger partial charge in [0.25, 0.3) is 5.56 Å². The van der Waals surface area contributed by atoms with E-state index in [1.165, 1.54) is 16.8 Å². The molecule has 33 heavy (non-hydrogen) atoms. The van der Waals surface area contributed by atoms with Crippen LogP contribution in [-0.2, 0) is 0 Å². The van der Waals surface area contributed by atoms with Gasteiger partial charge in [-0.05, 0) is 54.7 Å². The second-order valence-electron chi connectivity index (χ2n) is 6.98. The van der Waals surface area contributed by atoms with Gasteiger partial charge in [-0.2, -0.15) is 5.10 Å². The number of benzene rings is 3. The highest BCUT2D eigenvalue weighted by Gasteiger charge is 2.24. The summed E-state index contributed by atoms with van der Waals surface area (Å²) in [7, 11) is 1.66. The molecule has 0 saturated heterocycles. The third-order valence-corrected chi connectivity index (χ3v) is 5.52. The largest absolute Gasteiger partial charge is 0.364 e. The van der Waals surface area contributed by atoms with Crippen molar-refractivity contribution in [2.45, 2.75) is 0 Å². The summed E-state index contributed by atoms with van der Waals surface area (Å²) in [6.45, 7) is 0. The molecule has 0 amide bonds. The average molecular weight is 480 g/mol. The fourth-order valence-electron chi connectivity index (χ4n) is 3.31. The zero-order valence-corrected chi connectivity index (χ0v) is 19.0. The molecule has 0 aliphatic heterocycles. The lowest BCUT2D eigenvalue weighted by atomic mass is 9.99. The Hall–Kier alpha value is -3.75. The fourth-order valence-corrected chi connectivity index (χ4v) is 3.58. The maximum atomic E-state index is 13.7. The molecule has 4 aromatic rings. The van der Waals surface area contributed by atoms with E-state index in [1.54, 1.807) is 55.6 Å². The number of hydrogen-bond acceptors (Lipinski definition) is 3. The van der Waals surface area contributed by atoms with Crippen LogP contribution in [0.2, 0.25) is 5.02 Å². The molecule has 0 unspecified atom stereocenters. The van der Waals surface area contributed by atoms with E-state index in [-0.39, 0.29) is 27.8 Å². The van der Waals surface area contributed by atoms with Gasteiger partial charge >= 0.3 is 0 Å². The third-order valence-electron chi connectivity index (χ3n) is 4.90. The lowest BCUT2D eigenvalue weighted by Crippen LogP contribution is -2.31. The summed E-state index contributed by atoms with van der Waals surface area (Å²) >= 11 is 11.7. The first kappa shape index (κ1) is 22.4. The number of rotatable bonds is 5. The highest BCUT2D eigenvalue weighted by atomic mass is 35.5. The summed E-state index contributed by atoms with van der Waals surface area (Å²) < 4.78 is 15.0. The van der Waals surface area contributed by atoms with Crippen LogP contribution in [0.25, 0.3) is 16.9 Å². The van der Waals surface area contributed by atoms with Gasteiger partial charge in [0.05, 0.1) is 22.0 Å². The minimum atomic E-state index is -0.383. The minimum absolute atomic E-state index is 0.255. The Balaban J connectivity index is 2.02. The summed E-state index contributed by atoms with van der Waals surface area (Å²) in [6.07, 6.45) is 0. The van der Waals surface area contributed by atoms with Crippen LogP contribution in [0.3, 0.4) is 0 Å². The maximum absolute atomic E-state index is 13.7. The lowest BCUT2D eigenvalue weighted by Gasteiger charge is -2.10. The number of hydrogen-bond donors (Lipinski definition) is 3. The molecule has 4 rings (SSSR count). The average Bonchev–Trinajstić information content (AvgIpc) is 3.18. The van der Waals surface area contributed by atoms with Crippen LogP contribution in [0.4, 0.5) is 4.39 Å². The highest BCUT2D eigenvalue weighted by Crippen LogP contribution is 2.26. The van der Waals surface area contributed by atoms with Crippen LogP contribution in [0, 0.1) is 5.82 Å². The van der Waals surface area contributed by atoms with Crippen molar-refractivity contribution in [1.82, 2.24) is 20.5 Å². The molecular weight excluding hydrogens is 461 g/mol. The third kappa shape index (κ3) is 4.72. The van der Waals surface area contributed by atoms with Gasteiger partial charge in [-0.25, -0.2) is 9.07 Å². The molecule has 166 valence electrons. The van der Waals surface area contributed by atoms with Gasteiger partial charge in [0.1, 0.15) is 11.5 Å². The van der Waals surface area contributed by atoms with Gasteiger partial charge in [0, 0.05) is 18.2 Å². The topological polar surface area (TPSA) is 74.2 Å². The van der Waals surface area contributed by atoms with Crippen molar-refractivity contribution in [2.75, 3.05) is 7.05 Å². The van der Waals surface area contributed by atoms with Crippen molar-refractivity contribution in [1.29, 1.82) is 0 Å². The van der Waals surface area contributed by atoms with E-state index in [2.05, 4.69) is 20.9 Å². The number of aromatic nitrogens is 2. The van der Waals surface area contributed by atoms with Crippen molar-refractivity contribution >= 4 is 34.6 Å². The van der Waals surface area contributed by atoms with Crippen LogP contribution >= 0.6 is 23.8 Å². The van der Waals surface area contributed by atoms with Crippen molar-refractivity contribution in [3.63, 3.8) is 0 Å². The predicted molar refractivity (Wildman–Crippen MR) is 134 cm³/mol. The van der Waals surface area contributed by atoms with Crippen LogP contribution in [-0.4, -0.2) is 27.7 Å². The molecule has 1 aromatic heterocycles. The molecule has 0 aliphatic rings. The summed E-state index contributed by atoms with van der Waals surface area (Å²) in [5, 5.41) is 11.1. The Morgan fingerprint density at radius 1 is 1.03 bits per heavy atom. The number of halogens is 2. The number of aromatic amines is 1. The highest BCUT2D eigenvalue weighted by molar-refractivity contribution is 7.80. The van der Waals surface area contributed by atoms with Gasteiger partial charge < -0.3 is 5.32 Å². The van der Waals surface area contributed by atoms with Crippen molar-refractivity contribution in [2.24, 2.45) is 5.10 Å². The molecule has 0 saturated carbocycles. The standard InChI is InChI=1S/C24H19ClFN5OS/c1-27-24(33)29-28-22(18-9-5-6-10-19(18)25)20-21(15-11-13-16(26)14-12-15)30-31(23(20)32)17-7-3-2-4-8-17/h2-14,30H,1H3,(H2,27,29,33)/b28-22+.